The average molecular weight is 400 g/mol. The minimum Gasteiger partial charge on any atom is -0.486 e. The molecule has 0 saturated carbocycles. The summed E-state index contributed by atoms with van der Waals surface area (Å²) in [6.07, 6.45) is 0. The molecule has 0 saturated heterocycles. The second-order valence-corrected chi connectivity index (χ2v) is 6.75. The molecule has 0 radical (unpaired) electrons. The Bertz CT molecular complexity index is 957. The Labute approximate surface area is 164 Å². The zero-order valence-corrected chi connectivity index (χ0v) is 15.6. The Balaban J connectivity index is 1.46. The molecule has 0 spiro atoms. The summed E-state index contributed by atoms with van der Waals surface area (Å²) in [5.41, 5.74) is 1.09. The molecule has 1 aromatic heterocycles. The van der Waals surface area contributed by atoms with E-state index >= 15 is 0 Å². The van der Waals surface area contributed by atoms with Gasteiger partial charge in [0.2, 0.25) is 5.13 Å². The van der Waals surface area contributed by atoms with Gasteiger partial charge in [-0.25, -0.2) is 0 Å². The topological polar surface area (TPSA) is 116 Å². The number of nitrogens with zero attached hydrogens (tertiary/aromatic N) is 3. The van der Waals surface area contributed by atoms with Crippen LogP contribution in [0, 0.1) is 17.0 Å². The summed E-state index contributed by atoms with van der Waals surface area (Å²) < 4.78 is 10.9. The number of rotatable bonds is 8. The first-order chi connectivity index (χ1) is 13.5. The van der Waals surface area contributed by atoms with Crippen LogP contribution in [0.4, 0.5) is 10.8 Å². The van der Waals surface area contributed by atoms with Crippen molar-refractivity contribution in [1.82, 2.24) is 10.2 Å². The van der Waals surface area contributed by atoms with E-state index in [9.17, 15) is 14.9 Å². The SMILES string of the molecule is Cc1ccc(OCC(=O)Nc2nnc(COc3ccc([N+](=O)[O-])cc3)s2)cc1. The van der Waals surface area contributed by atoms with Crippen LogP contribution in [0.25, 0.3) is 0 Å². The maximum Gasteiger partial charge on any atom is 0.269 e. The summed E-state index contributed by atoms with van der Waals surface area (Å²) in [5, 5.41) is 21.9. The second kappa shape index (κ2) is 8.91. The number of carbonyl (C=O) groups excluding carboxylic acids is 1. The van der Waals surface area contributed by atoms with Crippen molar-refractivity contribution in [1.29, 1.82) is 0 Å². The number of hydrogen-bond donors (Lipinski definition) is 1. The van der Waals surface area contributed by atoms with Crippen molar-refractivity contribution in [2.75, 3.05) is 11.9 Å². The summed E-state index contributed by atoms with van der Waals surface area (Å²) in [7, 11) is 0. The second-order valence-electron chi connectivity index (χ2n) is 5.69. The Morgan fingerprint density at radius 2 is 1.71 bits per heavy atom. The van der Waals surface area contributed by atoms with Crippen LogP contribution in [0.3, 0.4) is 0 Å². The largest absolute Gasteiger partial charge is 0.486 e. The van der Waals surface area contributed by atoms with E-state index in [1.165, 1.54) is 35.6 Å². The molecule has 1 heterocycles. The quantitative estimate of drug-likeness (QED) is 0.455. The van der Waals surface area contributed by atoms with Crippen LogP contribution < -0.4 is 14.8 Å². The van der Waals surface area contributed by atoms with Crippen LogP contribution in [-0.2, 0) is 11.4 Å². The Kier molecular flexibility index (Phi) is 6.12. The van der Waals surface area contributed by atoms with E-state index in [1.54, 1.807) is 12.1 Å². The molecule has 10 heteroatoms. The monoisotopic (exact) mass is 400 g/mol. The first-order valence-corrected chi connectivity index (χ1v) is 9.00. The molecule has 0 unspecified atom stereocenters. The predicted molar refractivity (Wildman–Crippen MR) is 103 cm³/mol. The van der Waals surface area contributed by atoms with Gasteiger partial charge in [0, 0.05) is 12.1 Å². The van der Waals surface area contributed by atoms with Gasteiger partial charge in [-0.05, 0) is 31.2 Å². The average Bonchev–Trinajstić information content (AvgIpc) is 3.13. The molecule has 28 heavy (non-hydrogen) atoms. The van der Waals surface area contributed by atoms with Gasteiger partial charge < -0.3 is 9.47 Å². The molecule has 0 fully saturated rings. The van der Waals surface area contributed by atoms with E-state index in [-0.39, 0.29) is 24.8 Å². The van der Waals surface area contributed by atoms with Crippen molar-refractivity contribution in [2.45, 2.75) is 13.5 Å². The number of amides is 1. The van der Waals surface area contributed by atoms with Gasteiger partial charge in [-0.2, -0.15) is 0 Å². The minimum absolute atomic E-state index is 0.0129. The van der Waals surface area contributed by atoms with Crippen molar-refractivity contribution in [2.24, 2.45) is 0 Å². The van der Waals surface area contributed by atoms with E-state index in [1.807, 2.05) is 19.1 Å². The van der Waals surface area contributed by atoms with Crippen LogP contribution >= 0.6 is 11.3 Å². The molecule has 0 aliphatic carbocycles. The summed E-state index contributed by atoms with van der Waals surface area (Å²) in [6, 6.07) is 13.1. The first kappa shape index (κ1) is 19.2. The zero-order chi connectivity index (χ0) is 19.9. The summed E-state index contributed by atoms with van der Waals surface area (Å²) in [6.45, 7) is 1.96. The molecule has 0 bridgehead atoms. The van der Waals surface area contributed by atoms with Crippen LogP contribution in [0.2, 0.25) is 0 Å². The molecule has 3 aromatic rings. The van der Waals surface area contributed by atoms with Crippen molar-refractivity contribution in [3.63, 3.8) is 0 Å². The number of non-ortho nitro benzene ring substituents is 1. The van der Waals surface area contributed by atoms with Gasteiger partial charge in [-0.15, -0.1) is 10.2 Å². The van der Waals surface area contributed by atoms with Gasteiger partial charge in [-0.1, -0.05) is 29.0 Å². The lowest BCUT2D eigenvalue weighted by molar-refractivity contribution is -0.384. The van der Waals surface area contributed by atoms with E-state index in [0.29, 0.717) is 21.6 Å². The lowest BCUT2D eigenvalue weighted by Gasteiger charge is -2.05. The van der Waals surface area contributed by atoms with Crippen LogP contribution in [0.5, 0.6) is 11.5 Å². The van der Waals surface area contributed by atoms with Crippen LogP contribution in [0.15, 0.2) is 48.5 Å². The van der Waals surface area contributed by atoms with E-state index < -0.39 is 4.92 Å². The maximum absolute atomic E-state index is 11.9. The fourth-order valence-electron chi connectivity index (χ4n) is 2.11. The number of ether oxygens (including phenoxy) is 2. The Morgan fingerprint density at radius 1 is 1.07 bits per heavy atom. The zero-order valence-electron chi connectivity index (χ0n) is 14.8. The highest BCUT2D eigenvalue weighted by molar-refractivity contribution is 7.15. The predicted octanol–water partition coefficient (Wildman–Crippen LogP) is 3.35. The Morgan fingerprint density at radius 3 is 2.39 bits per heavy atom. The normalized spacial score (nSPS) is 10.3. The lowest BCUT2D eigenvalue weighted by Crippen LogP contribution is -2.20. The molecule has 1 N–H and O–H groups in total. The van der Waals surface area contributed by atoms with Crippen molar-refractivity contribution >= 4 is 28.1 Å². The fraction of sp³-hybridized carbons (Fsp3) is 0.167. The number of aryl methyl sites for hydroxylation is 1. The number of aromatic nitrogens is 2. The van der Waals surface area contributed by atoms with Crippen molar-refractivity contribution in [3.05, 3.63) is 69.2 Å². The number of nitro groups is 1. The number of anilines is 1. The number of nitrogens with one attached hydrogen (secondary N) is 1. The van der Waals surface area contributed by atoms with Gasteiger partial charge in [0.05, 0.1) is 4.92 Å². The van der Waals surface area contributed by atoms with Crippen LogP contribution in [0.1, 0.15) is 10.6 Å². The van der Waals surface area contributed by atoms with E-state index in [4.69, 9.17) is 9.47 Å². The van der Waals surface area contributed by atoms with Gasteiger partial charge in [0.25, 0.3) is 11.6 Å². The minimum atomic E-state index is -0.480. The first-order valence-electron chi connectivity index (χ1n) is 8.18. The molecule has 9 nitrogen and oxygen atoms in total. The number of hydrogen-bond acceptors (Lipinski definition) is 8. The number of carbonyl (C=O) groups is 1. The van der Waals surface area contributed by atoms with E-state index in [2.05, 4.69) is 15.5 Å². The third kappa shape index (κ3) is 5.48. The van der Waals surface area contributed by atoms with Gasteiger partial charge in [0.1, 0.15) is 18.1 Å². The number of nitro benzene ring substituents is 1. The summed E-state index contributed by atoms with van der Waals surface area (Å²) in [4.78, 5) is 22.1. The highest BCUT2D eigenvalue weighted by Crippen LogP contribution is 2.21. The smallest absolute Gasteiger partial charge is 0.269 e. The third-order valence-corrected chi connectivity index (χ3v) is 4.33. The maximum atomic E-state index is 11.9. The molecule has 144 valence electrons. The molecule has 0 aliphatic rings. The lowest BCUT2D eigenvalue weighted by atomic mass is 10.2. The molecule has 0 aliphatic heterocycles. The van der Waals surface area contributed by atoms with E-state index in [0.717, 1.165) is 5.56 Å². The third-order valence-electron chi connectivity index (χ3n) is 3.51. The van der Waals surface area contributed by atoms with Gasteiger partial charge in [-0.3, -0.25) is 20.2 Å². The summed E-state index contributed by atoms with van der Waals surface area (Å²) in [5.74, 6) is 0.729. The molecule has 2 aromatic carbocycles. The molecule has 3 rings (SSSR count). The van der Waals surface area contributed by atoms with Crippen molar-refractivity contribution in [3.8, 4) is 11.5 Å². The highest BCUT2D eigenvalue weighted by atomic mass is 32.1. The Hall–Kier alpha value is -3.53. The summed E-state index contributed by atoms with van der Waals surface area (Å²) >= 11 is 1.17. The van der Waals surface area contributed by atoms with Crippen molar-refractivity contribution < 1.29 is 19.2 Å². The molecular weight excluding hydrogens is 384 g/mol. The van der Waals surface area contributed by atoms with Gasteiger partial charge >= 0.3 is 0 Å². The fourth-order valence-corrected chi connectivity index (χ4v) is 2.78. The molecular formula is C18H16N4O5S. The molecule has 1 amide bonds. The number of benzene rings is 2. The standard InChI is InChI=1S/C18H16N4O5S/c1-12-2-6-14(7-3-12)26-10-16(23)19-18-21-20-17(28-18)11-27-15-8-4-13(5-9-15)22(24)25/h2-9H,10-11H2,1H3,(H,19,21,23). The highest BCUT2D eigenvalue weighted by Gasteiger charge is 2.10. The van der Waals surface area contributed by atoms with Crippen LogP contribution in [-0.4, -0.2) is 27.6 Å². The molecule has 0 atom stereocenters. The van der Waals surface area contributed by atoms with Gasteiger partial charge in [0.15, 0.2) is 11.6 Å².